The molecule has 1 fully saturated rings. The largest absolute Gasteiger partial charge is 0.465 e. The lowest BCUT2D eigenvalue weighted by molar-refractivity contribution is 0.194. The minimum atomic E-state index is -0.974. The van der Waals surface area contributed by atoms with E-state index >= 15 is 0 Å². The van der Waals surface area contributed by atoms with Crippen LogP contribution >= 0.6 is 0 Å². The first kappa shape index (κ1) is 11.8. The molecular formula is C13H20N2O2. The third kappa shape index (κ3) is 3.12. The molecule has 0 saturated carbocycles. The van der Waals surface area contributed by atoms with Gasteiger partial charge in [-0.1, -0.05) is 18.2 Å². The van der Waals surface area contributed by atoms with Crippen molar-refractivity contribution in [3.63, 3.8) is 0 Å². The first-order valence-electron chi connectivity index (χ1n) is 6.07. The van der Waals surface area contributed by atoms with Crippen LogP contribution in [-0.4, -0.2) is 24.3 Å². The van der Waals surface area contributed by atoms with Crippen LogP contribution in [0.25, 0.3) is 0 Å². The summed E-state index contributed by atoms with van der Waals surface area (Å²) in [4.78, 5) is 12.9. The molecule has 2 rings (SSSR count). The van der Waals surface area contributed by atoms with Gasteiger partial charge in [0.2, 0.25) is 0 Å². The van der Waals surface area contributed by atoms with Gasteiger partial charge in [-0.15, -0.1) is 0 Å². The van der Waals surface area contributed by atoms with Gasteiger partial charge in [-0.25, -0.2) is 4.79 Å². The molecule has 4 heteroatoms. The molecule has 0 aromatic heterocycles. The van der Waals surface area contributed by atoms with Crippen LogP contribution in [0.2, 0.25) is 0 Å². The highest BCUT2D eigenvalue weighted by atomic mass is 16.4. The topological polar surface area (TPSA) is 52.6 Å². The summed E-state index contributed by atoms with van der Waals surface area (Å²) in [5.41, 5.74) is 2.22. The molecule has 1 heterocycles. The lowest BCUT2D eigenvalue weighted by atomic mass is 10.1. The van der Waals surface area contributed by atoms with Crippen molar-refractivity contribution in [2.24, 2.45) is 0 Å². The summed E-state index contributed by atoms with van der Waals surface area (Å²) >= 11 is 0. The SMILES string of the molecule is O=C(O)NCc1ccccc1N1CCCCC1.[HH]. The Morgan fingerprint density at radius 3 is 2.71 bits per heavy atom. The quantitative estimate of drug-likeness (QED) is 0.848. The van der Waals surface area contributed by atoms with E-state index in [-0.39, 0.29) is 1.43 Å². The Morgan fingerprint density at radius 2 is 2.00 bits per heavy atom. The van der Waals surface area contributed by atoms with E-state index in [9.17, 15) is 4.79 Å². The summed E-state index contributed by atoms with van der Waals surface area (Å²) in [7, 11) is 0. The summed E-state index contributed by atoms with van der Waals surface area (Å²) in [5, 5.41) is 11.1. The molecule has 0 radical (unpaired) electrons. The van der Waals surface area contributed by atoms with Crippen LogP contribution < -0.4 is 10.2 Å². The average Bonchev–Trinajstić information content (AvgIpc) is 2.38. The molecule has 94 valence electrons. The molecular weight excluding hydrogens is 216 g/mol. The summed E-state index contributed by atoms with van der Waals surface area (Å²) in [6.07, 6.45) is 2.77. The van der Waals surface area contributed by atoms with Crippen LogP contribution in [0.4, 0.5) is 10.5 Å². The molecule has 17 heavy (non-hydrogen) atoms. The number of benzene rings is 1. The van der Waals surface area contributed by atoms with Gasteiger partial charge in [0.1, 0.15) is 0 Å². The second-order valence-corrected chi connectivity index (χ2v) is 4.34. The van der Waals surface area contributed by atoms with Gasteiger partial charge in [0.25, 0.3) is 0 Å². The van der Waals surface area contributed by atoms with Gasteiger partial charge in [0.05, 0.1) is 0 Å². The van der Waals surface area contributed by atoms with Gasteiger partial charge < -0.3 is 15.3 Å². The Morgan fingerprint density at radius 1 is 1.29 bits per heavy atom. The average molecular weight is 236 g/mol. The number of carbonyl (C=O) groups is 1. The minimum absolute atomic E-state index is 0. The molecule has 1 aliphatic heterocycles. The van der Waals surface area contributed by atoms with Crippen molar-refractivity contribution >= 4 is 11.8 Å². The molecule has 1 aromatic carbocycles. The summed E-state index contributed by atoms with van der Waals surface area (Å²) in [6.45, 7) is 2.52. The highest BCUT2D eigenvalue weighted by Gasteiger charge is 2.13. The molecule has 0 atom stereocenters. The predicted molar refractivity (Wildman–Crippen MR) is 69.5 cm³/mol. The summed E-state index contributed by atoms with van der Waals surface area (Å²) in [6, 6.07) is 8.02. The van der Waals surface area contributed by atoms with E-state index in [4.69, 9.17) is 5.11 Å². The first-order valence-corrected chi connectivity index (χ1v) is 6.07. The van der Waals surface area contributed by atoms with Crippen molar-refractivity contribution in [1.29, 1.82) is 0 Å². The van der Waals surface area contributed by atoms with Gasteiger partial charge >= 0.3 is 6.09 Å². The number of carboxylic acid groups (broad SMARTS) is 1. The number of anilines is 1. The Labute approximate surface area is 103 Å². The maximum atomic E-state index is 10.5. The molecule has 0 spiro atoms. The summed E-state index contributed by atoms with van der Waals surface area (Å²) in [5.74, 6) is 0. The van der Waals surface area contributed by atoms with Crippen molar-refractivity contribution in [2.45, 2.75) is 25.8 Å². The van der Waals surface area contributed by atoms with Gasteiger partial charge in [-0.3, -0.25) is 0 Å². The number of hydrogen-bond acceptors (Lipinski definition) is 2. The molecule has 1 amide bonds. The normalized spacial score (nSPS) is 15.6. The number of hydrogen-bond donors (Lipinski definition) is 2. The van der Waals surface area contributed by atoms with Crippen molar-refractivity contribution < 1.29 is 11.3 Å². The molecule has 0 aliphatic carbocycles. The van der Waals surface area contributed by atoms with E-state index in [1.807, 2.05) is 18.2 Å². The zero-order valence-electron chi connectivity index (χ0n) is 9.85. The van der Waals surface area contributed by atoms with Crippen molar-refractivity contribution in [1.82, 2.24) is 5.32 Å². The first-order chi connectivity index (χ1) is 8.27. The fourth-order valence-corrected chi connectivity index (χ4v) is 2.27. The fraction of sp³-hybridized carbons (Fsp3) is 0.462. The van der Waals surface area contributed by atoms with Crippen LogP contribution in [0.1, 0.15) is 26.3 Å². The van der Waals surface area contributed by atoms with Crippen LogP contribution in [-0.2, 0) is 6.54 Å². The van der Waals surface area contributed by atoms with E-state index in [0.717, 1.165) is 18.7 Å². The lowest BCUT2D eigenvalue weighted by Gasteiger charge is -2.30. The number of amides is 1. The van der Waals surface area contributed by atoms with E-state index in [1.54, 1.807) is 0 Å². The third-order valence-corrected chi connectivity index (χ3v) is 3.12. The molecule has 1 saturated heterocycles. The highest BCUT2D eigenvalue weighted by molar-refractivity contribution is 5.65. The van der Waals surface area contributed by atoms with E-state index in [1.165, 1.54) is 24.9 Å². The fourth-order valence-electron chi connectivity index (χ4n) is 2.27. The second-order valence-electron chi connectivity index (χ2n) is 4.34. The van der Waals surface area contributed by atoms with Crippen LogP contribution in [0, 0.1) is 0 Å². The maximum absolute atomic E-state index is 10.5. The van der Waals surface area contributed by atoms with Crippen LogP contribution in [0.3, 0.4) is 0 Å². The highest BCUT2D eigenvalue weighted by Crippen LogP contribution is 2.23. The monoisotopic (exact) mass is 236 g/mol. The lowest BCUT2D eigenvalue weighted by Crippen LogP contribution is -2.31. The number of nitrogens with zero attached hydrogens (tertiary/aromatic N) is 1. The molecule has 0 unspecified atom stereocenters. The third-order valence-electron chi connectivity index (χ3n) is 3.12. The predicted octanol–water partition coefficient (Wildman–Crippen LogP) is 2.69. The number of rotatable bonds is 3. The van der Waals surface area contributed by atoms with Crippen molar-refractivity contribution in [3.8, 4) is 0 Å². The molecule has 1 aliphatic rings. The summed E-state index contributed by atoms with van der Waals surface area (Å²) < 4.78 is 0. The smallest absolute Gasteiger partial charge is 0.404 e. The zero-order valence-corrected chi connectivity index (χ0v) is 9.85. The number of piperidine rings is 1. The minimum Gasteiger partial charge on any atom is -0.465 e. The molecule has 0 bridgehead atoms. The van der Waals surface area contributed by atoms with E-state index < -0.39 is 6.09 Å². The van der Waals surface area contributed by atoms with Crippen LogP contribution in [0.15, 0.2) is 24.3 Å². The second kappa shape index (κ2) is 5.57. The Hall–Kier alpha value is -1.71. The van der Waals surface area contributed by atoms with Gasteiger partial charge in [-0.05, 0) is 30.9 Å². The van der Waals surface area contributed by atoms with Crippen LogP contribution in [0.5, 0.6) is 0 Å². The Kier molecular flexibility index (Phi) is 3.85. The number of nitrogens with one attached hydrogen (secondary N) is 1. The maximum Gasteiger partial charge on any atom is 0.404 e. The number of para-hydroxylation sites is 1. The van der Waals surface area contributed by atoms with E-state index in [2.05, 4.69) is 16.3 Å². The standard InChI is InChI=1S/C13H18N2O2.H2/c16-13(17)14-10-11-6-2-3-7-12(11)15-8-4-1-5-9-15;/h2-3,6-7,14H,1,4-5,8-10H2,(H,16,17);1H. The van der Waals surface area contributed by atoms with Crippen molar-refractivity contribution in [2.75, 3.05) is 18.0 Å². The van der Waals surface area contributed by atoms with Gasteiger partial charge in [0, 0.05) is 26.7 Å². The molecule has 2 N–H and O–H groups in total. The van der Waals surface area contributed by atoms with Gasteiger partial charge in [0.15, 0.2) is 0 Å². The Balaban J connectivity index is 0.00000162. The Bertz CT molecular complexity index is 392. The molecule has 1 aromatic rings. The van der Waals surface area contributed by atoms with Gasteiger partial charge in [-0.2, -0.15) is 0 Å². The van der Waals surface area contributed by atoms with Crippen molar-refractivity contribution in [3.05, 3.63) is 29.8 Å². The van der Waals surface area contributed by atoms with E-state index in [0.29, 0.717) is 6.54 Å². The zero-order chi connectivity index (χ0) is 12.1. The molecule has 4 nitrogen and oxygen atoms in total.